The van der Waals surface area contributed by atoms with Gasteiger partial charge in [-0.15, -0.1) is 0 Å². The molecule has 0 aliphatic carbocycles. The molecule has 202 valence electrons. The minimum atomic E-state index is -4.42. The van der Waals surface area contributed by atoms with E-state index in [0.29, 0.717) is 62.8 Å². The van der Waals surface area contributed by atoms with Crippen molar-refractivity contribution in [1.29, 1.82) is 0 Å². The average molecular weight is 542 g/mol. The summed E-state index contributed by atoms with van der Waals surface area (Å²) in [5.41, 5.74) is -0.242. The number of piperazine rings is 1. The minimum Gasteiger partial charge on any atom is -0.493 e. The minimum absolute atomic E-state index is 0.0629. The van der Waals surface area contributed by atoms with Crippen LogP contribution in [0.4, 0.5) is 18.9 Å². The molecule has 4 rings (SSSR count). The van der Waals surface area contributed by atoms with Crippen LogP contribution in [-0.2, 0) is 21.0 Å². The highest BCUT2D eigenvalue weighted by Gasteiger charge is 2.36. The van der Waals surface area contributed by atoms with E-state index in [0.717, 1.165) is 12.1 Å². The molecule has 2 aliphatic heterocycles. The maximum Gasteiger partial charge on any atom is 0.416 e. The number of hydrogen-bond acceptors (Lipinski definition) is 6. The lowest BCUT2D eigenvalue weighted by atomic mass is 9.97. The average Bonchev–Trinajstić information content (AvgIpc) is 2.92. The van der Waals surface area contributed by atoms with Gasteiger partial charge in [0.05, 0.1) is 30.6 Å². The Morgan fingerprint density at radius 1 is 0.946 bits per heavy atom. The molecule has 0 radical (unpaired) electrons. The van der Waals surface area contributed by atoms with Crippen molar-refractivity contribution in [3.05, 3.63) is 48.0 Å². The number of benzene rings is 2. The fraction of sp³-hybridized carbons (Fsp3) is 0.480. The van der Waals surface area contributed by atoms with Crippen molar-refractivity contribution in [1.82, 2.24) is 9.21 Å². The summed E-state index contributed by atoms with van der Waals surface area (Å²) < 4.78 is 77.6. The van der Waals surface area contributed by atoms with Crippen molar-refractivity contribution in [3.63, 3.8) is 0 Å². The fourth-order valence-electron chi connectivity index (χ4n) is 4.81. The number of anilines is 1. The third-order valence-corrected chi connectivity index (χ3v) is 8.72. The van der Waals surface area contributed by atoms with E-state index in [1.54, 1.807) is 11.0 Å². The first kappa shape index (κ1) is 27.1. The number of amides is 1. The van der Waals surface area contributed by atoms with E-state index >= 15 is 0 Å². The number of methoxy groups -OCH3 is 2. The Labute approximate surface area is 214 Å². The molecule has 0 spiro atoms. The monoisotopic (exact) mass is 541 g/mol. The topological polar surface area (TPSA) is 79.4 Å². The normalized spacial score (nSPS) is 19.5. The zero-order valence-electron chi connectivity index (χ0n) is 20.7. The van der Waals surface area contributed by atoms with Gasteiger partial charge < -0.3 is 19.3 Å². The largest absolute Gasteiger partial charge is 0.493 e. The first-order valence-electron chi connectivity index (χ1n) is 12.0. The smallest absolute Gasteiger partial charge is 0.416 e. The van der Waals surface area contributed by atoms with Gasteiger partial charge in [-0.2, -0.15) is 17.5 Å². The standard InChI is InChI=1S/C25H30F3N3O5S/c1-35-22-9-8-21(16-23(22)36-2)37(33,34)31-10-4-5-18(17-31)24(32)30-13-11-29(12-14-30)20-7-3-6-19(15-20)25(26,27)28/h3,6-9,15-16,18H,4-5,10-14,17H2,1-2H3/t18-/m0/s1. The predicted octanol–water partition coefficient (Wildman–Crippen LogP) is 3.47. The van der Waals surface area contributed by atoms with Crippen LogP contribution in [-0.4, -0.2) is 77.0 Å². The summed E-state index contributed by atoms with van der Waals surface area (Å²) in [7, 11) is -0.959. The molecule has 0 bridgehead atoms. The molecular weight excluding hydrogens is 511 g/mol. The number of nitrogens with zero attached hydrogens (tertiary/aromatic N) is 3. The summed E-state index contributed by atoms with van der Waals surface area (Å²) in [6.07, 6.45) is -3.30. The number of hydrogen-bond donors (Lipinski definition) is 0. The molecule has 1 atom stereocenters. The van der Waals surface area contributed by atoms with Crippen LogP contribution in [0, 0.1) is 5.92 Å². The van der Waals surface area contributed by atoms with Crippen LogP contribution in [0.5, 0.6) is 11.5 Å². The van der Waals surface area contributed by atoms with E-state index < -0.39 is 27.7 Å². The Hall–Kier alpha value is -2.99. The Kier molecular flexibility index (Phi) is 7.88. The lowest BCUT2D eigenvalue weighted by Crippen LogP contribution is -2.53. The van der Waals surface area contributed by atoms with Gasteiger partial charge in [0.2, 0.25) is 15.9 Å². The maximum absolute atomic E-state index is 13.3. The van der Waals surface area contributed by atoms with Gasteiger partial charge in [-0.1, -0.05) is 6.07 Å². The van der Waals surface area contributed by atoms with E-state index in [2.05, 4.69) is 0 Å². The predicted molar refractivity (Wildman–Crippen MR) is 131 cm³/mol. The van der Waals surface area contributed by atoms with Crippen molar-refractivity contribution in [2.75, 3.05) is 58.4 Å². The molecule has 2 aromatic carbocycles. The summed E-state index contributed by atoms with van der Waals surface area (Å²) in [4.78, 5) is 16.8. The van der Waals surface area contributed by atoms with Crippen LogP contribution in [0.2, 0.25) is 0 Å². The molecule has 0 saturated carbocycles. The van der Waals surface area contributed by atoms with Crippen LogP contribution >= 0.6 is 0 Å². The molecule has 12 heteroatoms. The summed E-state index contributed by atoms with van der Waals surface area (Å²) >= 11 is 0. The molecule has 2 heterocycles. The van der Waals surface area contributed by atoms with Crippen molar-refractivity contribution in [3.8, 4) is 11.5 Å². The molecule has 2 fully saturated rings. The molecule has 37 heavy (non-hydrogen) atoms. The number of carbonyl (C=O) groups is 1. The molecule has 1 amide bonds. The summed E-state index contributed by atoms with van der Waals surface area (Å²) in [6, 6.07) is 9.56. The van der Waals surface area contributed by atoms with Crippen molar-refractivity contribution < 1.29 is 35.9 Å². The molecular formula is C25H30F3N3O5S. The third kappa shape index (κ3) is 5.80. The van der Waals surface area contributed by atoms with Gasteiger partial charge in [0.25, 0.3) is 0 Å². The van der Waals surface area contributed by atoms with E-state index in [4.69, 9.17) is 9.47 Å². The zero-order valence-corrected chi connectivity index (χ0v) is 21.5. The highest BCUT2D eigenvalue weighted by Crippen LogP contribution is 2.33. The van der Waals surface area contributed by atoms with Gasteiger partial charge in [0.15, 0.2) is 11.5 Å². The van der Waals surface area contributed by atoms with Crippen LogP contribution in [0.3, 0.4) is 0 Å². The number of rotatable bonds is 6. The Balaban J connectivity index is 1.40. The van der Waals surface area contributed by atoms with E-state index in [1.807, 2.05) is 4.90 Å². The van der Waals surface area contributed by atoms with Crippen molar-refractivity contribution >= 4 is 21.6 Å². The van der Waals surface area contributed by atoms with Crippen LogP contribution in [0.1, 0.15) is 18.4 Å². The van der Waals surface area contributed by atoms with Gasteiger partial charge in [-0.3, -0.25) is 4.79 Å². The van der Waals surface area contributed by atoms with Gasteiger partial charge in [-0.05, 0) is 43.2 Å². The summed E-state index contributed by atoms with van der Waals surface area (Å²) in [6.45, 7) is 1.88. The lowest BCUT2D eigenvalue weighted by Gasteiger charge is -2.39. The Morgan fingerprint density at radius 3 is 2.30 bits per heavy atom. The lowest BCUT2D eigenvalue weighted by molar-refractivity contribution is -0.137. The molecule has 0 aromatic heterocycles. The van der Waals surface area contributed by atoms with Crippen LogP contribution in [0.15, 0.2) is 47.4 Å². The highest BCUT2D eigenvalue weighted by atomic mass is 32.2. The van der Waals surface area contributed by atoms with Gasteiger partial charge >= 0.3 is 6.18 Å². The first-order valence-corrected chi connectivity index (χ1v) is 13.4. The van der Waals surface area contributed by atoms with Crippen molar-refractivity contribution in [2.45, 2.75) is 23.9 Å². The molecule has 2 aliphatic rings. The second kappa shape index (κ2) is 10.8. The van der Waals surface area contributed by atoms with Crippen LogP contribution < -0.4 is 14.4 Å². The van der Waals surface area contributed by atoms with Gasteiger partial charge in [0.1, 0.15) is 0 Å². The fourth-order valence-corrected chi connectivity index (χ4v) is 6.35. The molecule has 8 nitrogen and oxygen atoms in total. The number of piperidine rings is 1. The quantitative estimate of drug-likeness (QED) is 0.558. The highest BCUT2D eigenvalue weighted by molar-refractivity contribution is 7.89. The second-order valence-corrected chi connectivity index (χ2v) is 11.0. The van der Waals surface area contributed by atoms with Gasteiger partial charge in [0, 0.05) is 51.0 Å². The number of carbonyl (C=O) groups excluding carboxylic acids is 1. The van der Waals surface area contributed by atoms with Crippen molar-refractivity contribution in [2.24, 2.45) is 5.92 Å². The molecule has 0 N–H and O–H groups in total. The number of sulfonamides is 1. The molecule has 2 saturated heterocycles. The van der Waals surface area contributed by atoms with E-state index in [-0.39, 0.29) is 17.3 Å². The van der Waals surface area contributed by atoms with Crippen LogP contribution in [0.25, 0.3) is 0 Å². The number of halogens is 3. The van der Waals surface area contributed by atoms with E-state index in [9.17, 15) is 26.4 Å². The number of ether oxygens (including phenoxy) is 2. The third-order valence-electron chi connectivity index (χ3n) is 6.86. The Bertz CT molecular complexity index is 1230. The summed E-state index contributed by atoms with van der Waals surface area (Å²) in [5.74, 6) is 0.101. The zero-order chi connectivity index (χ0) is 26.8. The number of alkyl halides is 3. The SMILES string of the molecule is COc1ccc(S(=O)(=O)N2CCC[C@H](C(=O)N3CCN(c4cccc(C(F)(F)F)c4)CC3)C2)cc1OC. The summed E-state index contributed by atoms with van der Waals surface area (Å²) in [5, 5.41) is 0. The maximum atomic E-state index is 13.3. The first-order chi connectivity index (χ1) is 17.5. The Morgan fingerprint density at radius 2 is 1.65 bits per heavy atom. The van der Waals surface area contributed by atoms with Gasteiger partial charge in [-0.25, -0.2) is 8.42 Å². The second-order valence-electron chi connectivity index (χ2n) is 9.08. The molecule has 2 aromatic rings. The van der Waals surface area contributed by atoms with E-state index in [1.165, 1.54) is 42.8 Å². The molecule has 0 unspecified atom stereocenters.